The lowest BCUT2D eigenvalue weighted by atomic mass is 9.57. The predicted molar refractivity (Wildman–Crippen MR) is 191 cm³/mol. The molecule has 0 radical (unpaired) electrons. The fourth-order valence-corrected chi connectivity index (χ4v) is 7.71. The number of nitrogens with zero attached hydrogens (tertiary/aromatic N) is 4. The number of carbonyl (C=O) groups is 4. The Morgan fingerprint density at radius 3 is 2.21 bits per heavy atom. The molecule has 4 atom stereocenters. The van der Waals surface area contributed by atoms with E-state index in [0.29, 0.717) is 16.9 Å². The maximum atomic E-state index is 14.3. The number of nitrogens with two attached hydrogens (primary N) is 1. The molecule has 52 heavy (non-hydrogen) atoms. The number of aliphatic hydroxyl groups excluding tert-OH is 2. The Morgan fingerprint density at radius 1 is 1.08 bits per heavy atom. The number of anilines is 2. The molecule has 4 unspecified atom stereocenters. The van der Waals surface area contributed by atoms with Gasteiger partial charge in [0.2, 0.25) is 5.78 Å². The Bertz CT molecular complexity index is 1940. The van der Waals surface area contributed by atoms with Crippen molar-refractivity contribution in [1.29, 1.82) is 0 Å². The minimum atomic E-state index is -2.78. The van der Waals surface area contributed by atoms with Gasteiger partial charge in [-0.05, 0) is 62.0 Å². The molecule has 5 rings (SSSR count). The van der Waals surface area contributed by atoms with E-state index in [1.54, 1.807) is 25.1 Å². The number of nitro groups is 1. The number of rotatable bonds is 8. The Labute approximate surface area is 299 Å². The highest BCUT2D eigenvalue weighted by atomic mass is 16.6. The van der Waals surface area contributed by atoms with Gasteiger partial charge in [0, 0.05) is 61.2 Å². The van der Waals surface area contributed by atoms with Gasteiger partial charge in [0.25, 0.3) is 11.6 Å². The van der Waals surface area contributed by atoms with Crippen LogP contribution in [-0.2, 0) is 27.3 Å². The first-order valence-electron chi connectivity index (χ1n) is 16.6. The lowest BCUT2D eigenvalue weighted by Crippen LogP contribution is -2.65. The summed E-state index contributed by atoms with van der Waals surface area (Å²) >= 11 is 0. The number of phenolic OH excluding ortho intramolecular Hbond substituents is 1. The first-order chi connectivity index (χ1) is 24.1. The van der Waals surface area contributed by atoms with E-state index in [9.17, 15) is 49.7 Å². The number of amides is 3. The number of benzene rings is 2. The zero-order valence-electron chi connectivity index (χ0n) is 30.1. The SMILES string of the molecule is CN(C)c1cc(CN(CC(C)(C)C)C(=O)Nc2ccc([N+](=O)[O-])cc2)c(O)c2c1CC1CC3C(N(C)C)C(=O)C(C(N)=O)=C(O)C3(O)C(=O)C1=C2O. The Morgan fingerprint density at radius 2 is 1.69 bits per heavy atom. The van der Waals surface area contributed by atoms with E-state index in [4.69, 9.17) is 5.73 Å². The number of aliphatic hydroxyl groups is 3. The van der Waals surface area contributed by atoms with Gasteiger partial charge in [-0.15, -0.1) is 0 Å². The van der Waals surface area contributed by atoms with Crippen LogP contribution in [0, 0.1) is 27.4 Å². The van der Waals surface area contributed by atoms with Gasteiger partial charge in [0.05, 0.1) is 23.1 Å². The number of likely N-dealkylation sites (N-methyl/N-ethyl adjacent to an activating group) is 1. The summed E-state index contributed by atoms with van der Waals surface area (Å²) in [5.74, 6) is -7.47. The molecule has 278 valence electrons. The van der Waals surface area contributed by atoms with Crippen molar-refractivity contribution >= 4 is 46.3 Å². The molecule has 1 fully saturated rings. The lowest BCUT2D eigenvalue weighted by Gasteiger charge is -2.50. The van der Waals surface area contributed by atoms with E-state index in [0.717, 1.165) is 0 Å². The summed E-state index contributed by atoms with van der Waals surface area (Å²) in [6, 6.07) is 5.22. The molecule has 2 aromatic carbocycles. The largest absolute Gasteiger partial charge is 0.508 e. The van der Waals surface area contributed by atoms with Crippen LogP contribution in [-0.4, -0.2) is 105 Å². The maximum absolute atomic E-state index is 14.3. The Balaban J connectivity index is 1.62. The van der Waals surface area contributed by atoms with Crippen LogP contribution < -0.4 is 16.0 Å². The molecular formula is C36H44N6O10. The van der Waals surface area contributed by atoms with Crippen LogP contribution >= 0.6 is 0 Å². The molecule has 16 heteroatoms. The van der Waals surface area contributed by atoms with Crippen molar-refractivity contribution in [3.8, 4) is 5.75 Å². The van der Waals surface area contributed by atoms with Crippen LogP contribution in [0.5, 0.6) is 5.75 Å². The highest BCUT2D eigenvalue weighted by molar-refractivity contribution is 6.24. The van der Waals surface area contributed by atoms with Gasteiger partial charge in [0.1, 0.15) is 22.8 Å². The van der Waals surface area contributed by atoms with E-state index in [-0.39, 0.29) is 48.3 Å². The maximum Gasteiger partial charge on any atom is 0.322 e. The minimum Gasteiger partial charge on any atom is -0.508 e. The molecule has 0 aromatic heterocycles. The number of phenols is 1. The number of ketones is 2. The first-order valence-corrected chi connectivity index (χ1v) is 16.6. The third-order valence-corrected chi connectivity index (χ3v) is 9.90. The van der Waals surface area contributed by atoms with Gasteiger partial charge in [-0.3, -0.25) is 29.4 Å². The molecule has 16 nitrogen and oxygen atoms in total. The number of hydrogen-bond donors (Lipinski definition) is 6. The van der Waals surface area contributed by atoms with Crippen molar-refractivity contribution in [3.63, 3.8) is 0 Å². The molecule has 2 aromatic rings. The van der Waals surface area contributed by atoms with Gasteiger partial charge in [0.15, 0.2) is 11.4 Å². The van der Waals surface area contributed by atoms with Crippen LogP contribution in [0.2, 0.25) is 0 Å². The molecule has 0 bridgehead atoms. The second-order valence-corrected chi connectivity index (χ2v) is 15.3. The van der Waals surface area contributed by atoms with Crippen LogP contribution in [0.15, 0.2) is 47.2 Å². The van der Waals surface area contributed by atoms with E-state index in [2.05, 4.69) is 5.32 Å². The molecule has 0 spiro atoms. The lowest BCUT2D eigenvalue weighted by molar-refractivity contribution is -0.384. The van der Waals surface area contributed by atoms with Crippen molar-refractivity contribution in [3.05, 3.63) is 74.0 Å². The third kappa shape index (κ3) is 6.32. The zero-order chi connectivity index (χ0) is 38.8. The number of Topliss-reactive ketones (excluding diaryl/α,β-unsaturated/α-hetero) is 2. The van der Waals surface area contributed by atoms with Gasteiger partial charge < -0.3 is 41.3 Å². The zero-order valence-corrected chi connectivity index (χ0v) is 30.1. The summed E-state index contributed by atoms with van der Waals surface area (Å²) in [5.41, 5.74) is 2.36. The van der Waals surface area contributed by atoms with Crippen LogP contribution in [0.4, 0.5) is 21.9 Å². The number of aromatic hydroxyl groups is 1. The molecule has 7 N–H and O–H groups in total. The number of nitro benzene ring substituents is 1. The molecule has 3 amide bonds. The summed E-state index contributed by atoms with van der Waals surface area (Å²) in [5, 5.41) is 60.6. The molecular weight excluding hydrogens is 676 g/mol. The normalized spacial score (nSPS) is 22.8. The summed E-state index contributed by atoms with van der Waals surface area (Å²) in [4.78, 5) is 68.9. The Kier molecular flexibility index (Phi) is 9.62. The van der Waals surface area contributed by atoms with Gasteiger partial charge in [-0.1, -0.05) is 20.8 Å². The average molecular weight is 721 g/mol. The molecule has 3 aliphatic rings. The molecule has 3 aliphatic carbocycles. The predicted octanol–water partition coefficient (Wildman–Crippen LogP) is 3.02. The summed E-state index contributed by atoms with van der Waals surface area (Å²) in [6.07, 6.45) is 0.0472. The first kappa shape index (κ1) is 37.8. The third-order valence-electron chi connectivity index (χ3n) is 9.90. The number of fused-ring (bicyclic) bond motifs is 3. The number of primary amides is 1. The van der Waals surface area contributed by atoms with Gasteiger partial charge in [-0.25, -0.2) is 4.79 Å². The van der Waals surface area contributed by atoms with Gasteiger partial charge in [-0.2, -0.15) is 0 Å². The molecule has 0 saturated heterocycles. The fraction of sp³-hybridized carbons (Fsp3) is 0.444. The fourth-order valence-electron chi connectivity index (χ4n) is 7.71. The van der Waals surface area contributed by atoms with E-state index in [1.165, 1.54) is 48.2 Å². The van der Waals surface area contributed by atoms with Gasteiger partial charge >= 0.3 is 6.03 Å². The quantitative estimate of drug-likeness (QED) is 0.131. The number of carbonyl (C=O) groups excluding carboxylic acids is 4. The topological polar surface area (TPSA) is 240 Å². The summed E-state index contributed by atoms with van der Waals surface area (Å²) in [6.45, 7) is 5.76. The summed E-state index contributed by atoms with van der Waals surface area (Å²) < 4.78 is 0. The van der Waals surface area contributed by atoms with Crippen molar-refractivity contribution in [1.82, 2.24) is 9.80 Å². The number of nitrogens with one attached hydrogen (secondary N) is 1. The van der Waals surface area contributed by atoms with Crippen molar-refractivity contribution in [2.24, 2.45) is 23.0 Å². The monoisotopic (exact) mass is 720 g/mol. The number of hydrogen-bond acceptors (Lipinski definition) is 12. The van der Waals surface area contributed by atoms with Crippen LogP contribution in [0.25, 0.3) is 5.76 Å². The smallest absolute Gasteiger partial charge is 0.322 e. The van der Waals surface area contributed by atoms with Crippen molar-refractivity contribution < 1.29 is 44.5 Å². The second kappa shape index (κ2) is 13.2. The van der Waals surface area contributed by atoms with Crippen LogP contribution in [0.3, 0.4) is 0 Å². The van der Waals surface area contributed by atoms with Crippen LogP contribution in [0.1, 0.15) is 43.9 Å². The second-order valence-electron chi connectivity index (χ2n) is 15.3. The average Bonchev–Trinajstić information content (AvgIpc) is 3.02. The van der Waals surface area contributed by atoms with Crippen molar-refractivity contribution in [2.45, 2.75) is 51.8 Å². The van der Waals surface area contributed by atoms with E-state index >= 15 is 0 Å². The minimum absolute atomic E-state index is 0.0523. The molecule has 0 heterocycles. The highest BCUT2D eigenvalue weighted by Gasteiger charge is 2.64. The highest BCUT2D eigenvalue weighted by Crippen LogP contribution is 2.54. The summed E-state index contributed by atoms with van der Waals surface area (Å²) in [7, 11) is 6.57. The molecule has 1 saturated carbocycles. The van der Waals surface area contributed by atoms with Crippen molar-refractivity contribution in [2.75, 3.05) is 45.0 Å². The van der Waals surface area contributed by atoms with E-state index < -0.39 is 80.2 Å². The van der Waals surface area contributed by atoms with E-state index in [1.807, 2.05) is 20.8 Å². The molecule has 0 aliphatic heterocycles. The Hall–Kier alpha value is -5.48. The number of non-ortho nitro benzene ring substituents is 1. The number of urea groups is 1. The standard InChI is InChI=1S/C36H44N6O10/c1-35(2,3)16-41(34(49)38-19-8-10-20(11-9-19)42(51)52)15-18-14-23(39(4)5)21-12-17-13-22-27(40(6)7)30(45)26(33(37)48)32(47)36(22,50)31(46)24(17)29(44)25(21)28(18)43/h8-11,14,17,22,27,43-44,47,50H,12-13,15-16H2,1-7H3,(H2,37,48)(H,38,49).